The first-order valence-electron chi connectivity index (χ1n) is 12.4. The third kappa shape index (κ3) is 5.74. The van der Waals surface area contributed by atoms with E-state index in [0.717, 1.165) is 11.3 Å². The molecule has 2 aromatic carbocycles. The summed E-state index contributed by atoms with van der Waals surface area (Å²) in [4.78, 5) is 29.4. The molecule has 0 fully saturated rings. The number of nitrogens with one attached hydrogen (secondary N) is 1. The number of rotatable bonds is 10. The summed E-state index contributed by atoms with van der Waals surface area (Å²) in [5, 5.41) is 7.18. The summed E-state index contributed by atoms with van der Waals surface area (Å²) in [5.74, 6) is 1.21. The molecule has 10 nitrogen and oxygen atoms in total. The average Bonchev–Trinajstić information content (AvgIpc) is 3.61. The van der Waals surface area contributed by atoms with Crippen LogP contribution in [0.4, 0.5) is 5.69 Å². The first-order chi connectivity index (χ1) is 19.1. The summed E-state index contributed by atoms with van der Waals surface area (Å²) in [7, 11) is 0. The van der Waals surface area contributed by atoms with E-state index in [-0.39, 0.29) is 24.5 Å². The van der Waals surface area contributed by atoms with Gasteiger partial charge in [0.2, 0.25) is 0 Å². The van der Waals surface area contributed by atoms with Crippen LogP contribution >= 0.6 is 0 Å². The highest BCUT2D eigenvalue weighted by Gasteiger charge is 2.18. The molecule has 3 heterocycles. The number of benzene rings is 2. The monoisotopic (exact) mass is 526 g/mol. The lowest BCUT2D eigenvalue weighted by molar-refractivity contribution is 0.0528. The molecule has 0 atom stereocenters. The van der Waals surface area contributed by atoms with Gasteiger partial charge < -0.3 is 23.9 Å². The van der Waals surface area contributed by atoms with E-state index in [1.165, 1.54) is 6.20 Å². The largest absolute Gasteiger partial charge is 0.494 e. The van der Waals surface area contributed by atoms with Crippen molar-refractivity contribution in [2.24, 2.45) is 0 Å². The fourth-order valence-electron chi connectivity index (χ4n) is 3.94. The van der Waals surface area contributed by atoms with E-state index in [9.17, 15) is 9.59 Å². The zero-order valence-electron chi connectivity index (χ0n) is 21.4. The van der Waals surface area contributed by atoms with Crippen LogP contribution in [0.25, 0.3) is 16.9 Å². The smallest absolute Gasteiger partial charge is 0.343 e. The number of nitrogens with zero attached hydrogens (tertiary/aromatic N) is 3. The molecule has 0 radical (unpaired) electrons. The van der Waals surface area contributed by atoms with E-state index in [1.54, 1.807) is 48.0 Å². The van der Waals surface area contributed by atoms with Crippen molar-refractivity contribution in [3.63, 3.8) is 0 Å². The molecule has 0 unspecified atom stereocenters. The SMILES string of the molecule is CCOC(=O)c1cnn2c(-c3cccc(NC(=O)c4ccc(COc5ccc(OCC)cc5)o4)c3)ccnc12. The van der Waals surface area contributed by atoms with Crippen LogP contribution in [0.2, 0.25) is 0 Å². The Bertz CT molecular complexity index is 1610. The summed E-state index contributed by atoms with van der Waals surface area (Å²) in [6.07, 6.45) is 3.03. The Labute approximate surface area is 224 Å². The number of carbonyl (C=O) groups is 2. The molecule has 5 aromatic rings. The van der Waals surface area contributed by atoms with Crippen molar-refractivity contribution in [2.75, 3.05) is 18.5 Å². The molecule has 39 heavy (non-hydrogen) atoms. The molecule has 0 saturated carbocycles. The lowest BCUT2D eigenvalue weighted by Crippen LogP contribution is -2.11. The van der Waals surface area contributed by atoms with E-state index >= 15 is 0 Å². The van der Waals surface area contributed by atoms with Gasteiger partial charge in [0.05, 0.1) is 25.1 Å². The maximum absolute atomic E-state index is 12.9. The third-order valence-corrected chi connectivity index (χ3v) is 5.71. The van der Waals surface area contributed by atoms with Crippen molar-refractivity contribution in [3.05, 3.63) is 96.2 Å². The number of esters is 1. The topological polar surface area (TPSA) is 117 Å². The summed E-state index contributed by atoms with van der Waals surface area (Å²) >= 11 is 0. The number of amides is 1. The highest BCUT2D eigenvalue weighted by Crippen LogP contribution is 2.25. The number of hydrogen-bond donors (Lipinski definition) is 1. The Balaban J connectivity index is 1.26. The zero-order valence-corrected chi connectivity index (χ0v) is 21.4. The lowest BCUT2D eigenvalue weighted by atomic mass is 10.1. The van der Waals surface area contributed by atoms with Crippen molar-refractivity contribution in [1.82, 2.24) is 14.6 Å². The van der Waals surface area contributed by atoms with Crippen molar-refractivity contribution >= 4 is 23.2 Å². The van der Waals surface area contributed by atoms with Crippen molar-refractivity contribution in [3.8, 4) is 22.8 Å². The molecule has 0 aliphatic carbocycles. The van der Waals surface area contributed by atoms with Crippen LogP contribution in [0.5, 0.6) is 11.5 Å². The second-order valence-electron chi connectivity index (χ2n) is 8.34. The third-order valence-electron chi connectivity index (χ3n) is 5.71. The molecule has 198 valence electrons. The van der Waals surface area contributed by atoms with Crippen LogP contribution in [0.1, 0.15) is 40.5 Å². The molecule has 0 aliphatic heterocycles. The molecule has 0 bridgehead atoms. The first-order valence-corrected chi connectivity index (χ1v) is 12.4. The van der Waals surface area contributed by atoms with Crippen LogP contribution in [-0.4, -0.2) is 39.7 Å². The summed E-state index contributed by atoms with van der Waals surface area (Å²) in [5.41, 5.74) is 2.68. The van der Waals surface area contributed by atoms with Gasteiger partial charge in [-0.05, 0) is 68.4 Å². The first kappa shape index (κ1) is 25.5. The van der Waals surface area contributed by atoms with Crippen molar-refractivity contribution < 1.29 is 28.2 Å². The van der Waals surface area contributed by atoms with Gasteiger partial charge in [0, 0.05) is 17.4 Å². The van der Waals surface area contributed by atoms with E-state index in [1.807, 2.05) is 43.3 Å². The van der Waals surface area contributed by atoms with Gasteiger partial charge in [-0.1, -0.05) is 12.1 Å². The van der Waals surface area contributed by atoms with Crippen LogP contribution in [-0.2, 0) is 11.3 Å². The normalized spacial score (nSPS) is 10.8. The summed E-state index contributed by atoms with van der Waals surface area (Å²) < 4.78 is 23.5. The van der Waals surface area contributed by atoms with Crippen molar-refractivity contribution in [2.45, 2.75) is 20.5 Å². The molecule has 0 aliphatic rings. The number of aromatic nitrogens is 3. The number of hydrogen-bond acceptors (Lipinski definition) is 8. The number of anilines is 1. The Kier molecular flexibility index (Phi) is 7.53. The molecular weight excluding hydrogens is 500 g/mol. The van der Waals surface area contributed by atoms with Gasteiger partial charge in [0.25, 0.3) is 5.91 Å². The van der Waals surface area contributed by atoms with Gasteiger partial charge in [0.15, 0.2) is 11.4 Å². The Hall–Kier alpha value is -5.12. The Morgan fingerprint density at radius 3 is 2.51 bits per heavy atom. The molecule has 5 rings (SSSR count). The predicted octanol–water partition coefficient (Wildman–Crippen LogP) is 5.40. The minimum absolute atomic E-state index is 0.156. The van der Waals surface area contributed by atoms with Crippen LogP contribution in [0, 0.1) is 0 Å². The molecule has 1 N–H and O–H groups in total. The van der Waals surface area contributed by atoms with E-state index in [0.29, 0.717) is 35.1 Å². The summed E-state index contributed by atoms with van der Waals surface area (Å²) in [6.45, 7) is 4.69. The quantitative estimate of drug-likeness (QED) is 0.241. The minimum Gasteiger partial charge on any atom is -0.494 e. The minimum atomic E-state index is -0.485. The Morgan fingerprint density at radius 1 is 0.949 bits per heavy atom. The predicted molar refractivity (Wildman–Crippen MR) is 143 cm³/mol. The fraction of sp³-hybridized carbons (Fsp3) is 0.172. The molecule has 0 spiro atoms. The van der Waals surface area contributed by atoms with Gasteiger partial charge >= 0.3 is 5.97 Å². The number of furan rings is 1. The van der Waals surface area contributed by atoms with Gasteiger partial charge in [0.1, 0.15) is 29.4 Å². The molecule has 0 saturated heterocycles. The zero-order chi connectivity index (χ0) is 27.2. The highest BCUT2D eigenvalue weighted by atomic mass is 16.5. The number of fused-ring (bicyclic) bond motifs is 1. The van der Waals surface area contributed by atoms with Gasteiger partial charge in [-0.3, -0.25) is 4.79 Å². The van der Waals surface area contributed by atoms with Crippen molar-refractivity contribution in [1.29, 1.82) is 0 Å². The standard InChI is InChI=1S/C29H26N4O6/c1-3-36-21-8-10-22(11-9-21)38-18-23-12-13-26(39-23)28(34)32-20-7-5-6-19(16-20)25-14-15-30-27-24(17-31-33(25)27)29(35)37-4-2/h5-17H,3-4,18H2,1-2H3,(H,32,34). The molecule has 10 heteroatoms. The highest BCUT2D eigenvalue weighted by molar-refractivity contribution is 6.02. The molecule has 3 aromatic heterocycles. The summed E-state index contributed by atoms with van der Waals surface area (Å²) in [6, 6.07) is 19.6. The van der Waals surface area contributed by atoms with Crippen LogP contribution in [0.15, 0.2) is 83.5 Å². The van der Waals surface area contributed by atoms with Gasteiger partial charge in [-0.25, -0.2) is 14.3 Å². The van der Waals surface area contributed by atoms with E-state index in [4.69, 9.17) is 18.6 Å². The van der Waals surface area contributed by atoms with E-state index in [2.05, 4.69) is 15.4 Å². The second kappa shape index (κ2) is 11.5. The number of ether oxygens (including phenoxy) is 3. The maximum Gasteiger partial charge on any atom is 0.343 e. The lowest BCUT2D eigenvalue weighted by Gasteiger charge is -2.08. The molecular formula is C29H26N4O6. The molecule has 1 amide bonds. The second-order valence-corrected chi connectivity index (χ2v) is 8.34. The average molecular weight is 527 g/mol. The van der Waals surface area contributed by atoms with Crippen LogP contribution in [0.3, 0.4) is 0 Å². The maximum atomic E-state index is 12.9. The van der Waals surface area contributed by atoms with Crippen LogP contribution < -0.4 is 14.8 Å². The van der Waals surface area contributed by atoms with E-state index < -0.39 is 11.9 Å². The van der Waals surface area contributed by atoms with Gasteiger partial charge in [-0.2, -0.15) is 5.10 Å². The Morgan fingerprint density at radius 2 is 1.74 bits per heavy atom. The fourth-order valence-corrected chi connectivity index (χ4v) is 3.94. The van der Waals surface area contributed by atoms with Gasteiger partial charge in [-0.15, -0.1) is 0 Å². The number of carbonyl (C=O) groups excluding carboxylic acids is 2.